The van der Waals surface area contributed by atoms with Crippen molar-refractivity contribution in [3.63, 3.8) is 0 Å². The van der Waals surface area contributed by atoms with Crippen LogP contribution in [0.1, 0.15) is 21.5 Å². The topological polar surface area (TPSA) is 84.5 Å². The number of anilines is 2. The lowest BCUT2D eigenvalue weighted by molar-refractivity contribution is 0.102. The van der Waals surface area contributed by atoms with Crippen molar-refractivity contribution in [1.82, 2.24) is 0 Å². The zero-order valence-electron chi connectivity index (χ0n) is 16.4. The van der Waals surface area contributed by atoms with Gasteiger partial charge in [0.15, 0.2) is 0 Å². The molecule has 0 fully saturated rings. The molecule has 0 radical (unpaired) electrons. The smallest absolute Gasteiger partial charge is 0.262 e. The number of nitrogens with one attached hydrogen (secondary N) is 2. The molecule has 3 aromatic rings. The summed E-state index contributed by atoms with van der Waals surface area (Å²) in [4.78, 5) is 12.4. The second-order valence-electron chi connectivity index (χ2n) is 6.66. The van der Waals surface area contributed by atoms with E-state index in [2.05, 4.69) is 10.0 Å². The summed E-state index contributed by atoms with van der Waals surface area (Å²) in [6.07, 6.45) is 0. The predicted molar refractivity (Wildman–Crippen MR) is 114 cm³/mol. The second-order valence-corrected chi connectivity index (χ2v) is 8.34. The number of amides is 1. The van der Waals surface area contributed by atoms with Crippen molar-refractivity contribution < 1.29 is 17.9 Å². The zero-order chi connectivity index (χ0) is 21.0. The van der Waals surface area contributed by atoms with E-state index in [9.17, 15) is 13.2 Å². The first-order valence-corrected chi connectivity index (χ1v) is 10.4. The van der Waals surface area contributed by atoms with Crippen LogP contribution in [0.5, 0.6) is 5.75 Å². The van der Waals surface area contributed by atoms with Gasteiger partial charge in [0, 0.05) is 11.3 Å². The molecule has 0 unspecified atom stereocenters. The Morgan fingerprint density at radius 1 is 0.897 bits per heavy atom. The zero-order valence-corrected chi connectivity index (χ0v) is 17.2. The molecule has 0 atom stereocenters. The van der Waals surface area contributed by atoms with Crippen molar-refractivity contribution >= 4 is 27.3 Å². The Morgan fingerprint density at radius 2 is 1.59 bits per heavy atom. The van der Waals surface area contributed by atoms with Gasteiger partial charge in [-0.05, 0) is 67.9 Å². The third-order valence-corrected chi connectivity index (χ3v) is 5.68. The molecule has 2 N–H and O–H groups in total. The van der Waals surface area contributed by atoms with Gasteiger partial charge in [-0.15, -0.1) is 0 Å². The number of hydrogen-bond donors (Lipinski definition) is 2. The fourth-order valence-corrected chi connectivity index (χ4v) is 3.87. The molecule has 3 rings (SSSR count). The quantitative estimate of drug-likeness (QED) is 0.632. The van der Waals surface area contributed by atoms with Crippen LogP contribution >= 0.6 is 0 Å². The van der Waals surface area contributed by atoms with E-state index in [-0.39, 0.29) is 10.8 Å². The van der Waals surface area contributed by atoms with E-state index in [0.717, 1.165) is 11.1 Å². The molecule has 0 aromatic heterocycles. The van der Waals surface area contributed by atoms with Crippen LogP contribution in [0.25, 0.3) is 0 Å². The maximum atomic E-state index is 12.7. The van der Waals surface area contributed by atoms with E-state index >= 15 is 0 Å². The van der Waals surface area contributed by atoms with Gasteiger partial charge in [0.25, 0.3) is 15.9 Å². The SMILES string of the molecule is COc1ccc(C)cc1NS(=O)(=O)c1ccc(NC(=O)c2cccc(C)c2)cc1. The average molecular weight is 410 g/mol. The molecule has 0 bridgehead atoms. The summed E-state index contributed by atoms with van der Waals surface area (Å²) in [6.45, 7) is 3.77. The summed E-state index contributed by atoms with van der Waals surface area (Å²) in [5, 5.41) is 2.77. The molecule has 150 valence electrons. The predicted octanol–water partition coefficient (Wildman–Crippen LogP) is 4.37. The molecule has 6 nitrogen and oxygen atoms in total. The first-order chi connectivity index (χ1) is 13.8. The minimum absolute atomic E-state index is 0.0783. The standard InChI is InChI=1S/C22H22N2O4S/c1-15-5-4-6-17(13-15)22(25)23-18-8-10-19(11-9-18)29(26,27)24-20-14-16(2)7-12-21(20)28-3/h4-14,24H,1-3H3,(H,23,25). The van der Waals surface area contributed by atoms with Gasteiger partial charge in [0.05, 0.1) is 17.7 Å². The second kappa shape index (κ2) is 8.36. The van der Waals surface area contributed by atoms with Crippen molar-refractivity contribution in [1.29, 1.82) is 0 Å². The molecule has 7 heteroatoms. The Labute approximate surface area is 170 Å². The first-order valence-electron chi connectivity index (χ1n) is 8.94. The van der Waals surface area contributed by atoms with Crippen LogP contribution in [0.2, 0.25) is 0 Å². The Bertz CT molecular complexity index is 1140. The molecule has 3 aromatic carbocycles. The van der Waals surface area contributed by atoms with Crippen LogP contribution in [0.4, 0.5) is 11.4 Å². The number of aryl methyl sites for hydroxylation is 2. The Morgan fingerprint density at radius 3 is 2.24 bits per heavy atom. The van der Waals surface area contributed by atoms with Crippen LogP contribution in [0.3, 0.4) is 0 Å². The van der Waals surface area contributed by atoms with E-state index in [1.807, 2.05) is 32.0 Å². The van der Waals surface area contributed by atoms with Crippen molar-refractivity contribution in [2.45, 2.75) is 18.7 Å². The number of ether oxygens (including phenoxy) is 1. The van der Waals surface area contributed by atoms with Crippen molar-refractivity contribution in [2.75, 3.05) is 17.1 Å². The monoisotopic (exact) mass is 410 g/mol. The summed E-state index contributed by atoms with van der Waals surface area (Å²) in [7, 11) is -2.33. The van der Waals surface area contributed by atoms with Gasteiger partial charge in [-0.1, -0.05) is 23.8 Å². The van der Waals surface area contributed by atoms with Crippen molar-refractivity contribution in [3.05, 3.63) is 83.4 Å². The minimum Gasteiger partial charge on any atom is -0.495 e. The molecule has 0 saturated carbocycles. The maximum Gasteiger partial charge on any atom is 0.262 e. The lowest BCUT2D eigenvalue weighted by Crippen LogP contribution is -2.15. The Kier molecular flexibility index (Phi) is 5.89. The molecule has 0 aliphatic carbocycles. The number of methoxy groups -OCH3 is 1. The molecule has 0 heterocycles. The van der Waals surface area contributed by atoms with E-state index in [1.54, 1.807) is 36.4 Å². The third kappa shape index (κ3) is 4.94. The van der Waals surface area contributed by atoms with E-state index in [0.29, 0.717) is 22.7 Å². The largest absolute Gasteiger partial charge is 0.495 e. The fraction of sp³-hybridized carbons (Fsp3) is 0.136. The van der Waals surface area contributed by atoms with Gasteiger partial charge in [-0.3, -0.25) is 9.52 Å². The molecule has 1 amide bonds. The summed E-state index contributed by atoms with van der Waals surface area (Å²) >= 11 is 0. The number of benzene rings is 3. The van der Waals surface area contributed by atoms with Gasteiger partial charge in [0.2, 0.25) is 0 Å². The number of sulfonamides is 1. The summed E-state index contributed by atoms with van der Waals surface area (Å²) in [5.74, 6) is 0.174. The first kappa shape index (κ1) is 20.4. The van der Waals surface area contributed by atoms with Crippen LogP contribution in [0, 0.1) is 13.8 Å². The summed E-state index contributed by atoms with van der Waals surface area (Å²) in [6, 6.07) is 18.5. The number of rotatable bonds is 6. The summed E-state index contributed by atoms with van der Waals surface area (Å²) in [5.41, 5.74) is 3.29. The van der Waals surface area contributed by atoms with Crippen molar-refractivity contribution in [3.8, 4) is 5.75 Å². The highest BCUT2D eigenvalue weighted by Crippen LogP contribution is 2.28. The average Bonchev–Trinajstić information content (AvgIpc) is 2.68. The van der Waals surface area contributed by atoms with Crippen molar-refractivity contribution in [2.24, 2.45) is 0 Å². The van der Waals surface area contributed by atoms with E-state index in [4.69, 9.17) is 4.74 Å². The third-order valence-electron chi connectivity index (χ3n) is 4.30. The number of hydrogen-bond acceptors (Lipinski definition) is 4. The van der Waals surface area contributed by atoms with Crippen LogP contribution in [-0.2, 0) is 10.0 Å². The maximum absolute atomic E-state index is 12.7. The van der Waals surface area contributed by atoms with Crippen LogP contribution in [-0.4, -0.2) is 21.4 Å². The molecule has 29 heavy (non-hydrogen) atoms. The van der Waals surface area contributed by atoms with Gasteiger partial charge >= 0.3 is 0 Å². The Balaban J connectivity index is 1.77. The number of carbonyl (C=O) groups excluding carboxylic acids is 1. The molecule has 0 saturated heterocycles. The van der Waals surface area contributed by atoms with Gasteiger partial charge < -0.3 is 10.1 Å². The highest BCUT2D eigenvalue weighted by molar-refractivity contribution is 7.92. The minimum atomic E-state index is -3.81. The van der Waals surface area contributed by atoms with E-state index < -0.39 is 10.0 Å². The lowest BCUT2D eigenvalue weighted by atomic mass is 10.1. The fourth-order valence-electron chi connectivity index (χ4n) is 2.81. The van der Waals surface area contributed by atoms with Gasteiger partial charge in [0.1, 0.15) is 5.75 Å². The molecule has 0 aliphatic rings. The van der Waals surface area contributed by atoms with Crippen LogP contribution in [0.15, 0.2) is 71.6 Å². The molecule has 0 spiro atoms. The van der Waals surface area contributed by atoms with Gasteiger partial charge in [-0.2, -0.15) is 0 Å². The van der Waals surface area contributed by atoms with E-state index in [1.165, 1.54) is 19.2 Å². The van der Waals surface area contributed by atoms with Gasteiger partial charge in [-0.25, -0.2) is 8.42 Å². The van der Waals surface area contributed by atoms with Crippen LogP contribution < -0.4 is 14.8 Å². The molecule has 0 aliphatic heterocycles. The molecular weight excluding hydrogens is 388 g/mol. The highest BCUT2D eigenvalue weighted by atomic mass is 32.2. The normalized spacial score (nSPS) is 11.0. The Hall–Kier alpha value is -3.32. The summed E-state index contributed by atoms with van der Waals surface area (Å²) < 4.78 is 33.2. The lowest BCUT2D eigenvalue weighted by Gasteiger charge is -2.13. The number of carbonyl (C=O) groups is 1. The molecular formula is C22H22N2O4S. The highest BCUT2D eigenvalue weighted by Gasteiger charge is 2.17.